The third kappa shape index (κ3) is 2.80. The first-order valence-electron chi connectivity index (χ1n) is 6.08. The summed E-state index contributed by atoms with van der Waals surface area (Å²) in [6.45, 7) is 5.29. The second-order valence-electron chi connectivity index (χ2n) is 4.16. The molecule has 5 heteroatoms. The van der Waals surface area contributed by atoms with Crippen LogP contribution in [0.4, 0.5) is 5.82 Å². The van der Waals surface area contributed by atoms with E-state index < -0.39 is 0 Å². The number of ether oxygens (including phenoxy) is 1. The molecule has 0 fully saturated rings. The molecule has 1 aromatic carbocycles. The van der Waals surface area contributed by atoms with Crippen molar-refractivity contribution in [3.05, 3.63) is 35.5 Å². The molecule has 0 aliphatic carbocycles. The summed E-state index contributed by atoms with van der Waals surface area (Å²) in [4.78, 5) is 0. The van der Waals surface area contributed by atoms with Gasteiger partial charge in [0.1, 0.15) is 12.4 Å². The zero-order valence-corrected chi connectivity index (χ0v) is 10.8. The first-order valence-corrected chi connectivity index (χ1v) is 6.08. The summed E-state index contributed by atoms with van der Waals surface area (Å²) in [6, 6.07) is 7.98. The first kappa shape index (κ1) is 12.4. The van der Waals surface area contributed by atoms with Crippen LogP contribution in [0, 0.1) is 6.92 Å². The maximum Gasteiger partial charge on any atom is 0.169 e. The molecule has 96 valence electrons. The van der Waals surface area contributed by atoms with Crippen LogP contribution in [-0.2, 0) is 13.0 Å². The Morgan fingerprint density at radius 2 is 2.00 bits per heavy atom. The number of hydrogen-bond acceptors (Lipinski definition) is 4. The second-order valence-corrected chi connectivity index (χ2v) is 4.16. The summed E-state index contributed by atoms with van der Waals surface area (Å²) >= 11 is 0. The minimum absolute atomic E-state index is 0.507. The molecule has 1 aromatic heterocycles. The van der Waals surface area contributed by atoms with E-state index in [2.05, 4.69) is 17.2 Å². The summed E-state index contributed by atoms with van der Waals surface area (Å²) in [5.74, 6) is 1.37. The zero-order valence-electron chi connectivity index (χ0n) is 10.8. The molecule has 2 aromatic rings. The fourth-order valence-electron chi connectivity index (χ4n) is 1.77. The normalized spacial score (nSPS) is 10.6. The number of nitrogens with two attached hydrogens (primary N) is 1. The van der Waals surface area contributed by atoms with Gasteiger partial charge in [-0.1, -0.05) is 29.8 Å². The van der Waals surface area contributed by atoms with Crippen molar-refractivity contribution in [2.45, 2.75) is 26.8 Å². The van der Waals surface area contributed by atoms with Gasteiger partial charge in [0, 0.05) is 0 Å². The van der Waals surface area contributed by atoms with E-state index >= 15 is 0 Å². The summed E-state index contributed by atoms with van der Waals surface area (Å²) in [6.07, 6.45) is 0.823. The van der Waals surface area contributed by atoms with Gasteiger partial charge in [0.2, 0.25) is 0 Å². The Labute approximate surface area is 107 Å². The minimum atomic E-state index is 0.507. The Morgan fingerprint density at radius 3 is 2.67 bits per heavy atom. The Bertz CT molecular complexity index is 504. The minimum Gasteiger partial charge on any atom is -0.492 e. The van der Waals surface area contributed by atoms with Crippen LogP contribution in [0.5, 0.6) is 5.75 Å². The molecular weight excluding hydrogens is 228 g/mol. The lowest BCUT2D eigenvalue weighted by Crippen LogP contribution is -2.12. The topological polar surface area (TPSA) is 66.0 Å². The monoisotopic (exact) mass is 246 g/mol. The van der Waals surface area contributed by atoms with Crippen LogP contribution in [0.3, 0.4) is 0 Å². The Balaban J connectivity index is 1.90. The Hall–Kier alpha value is -2.04. The third-order valence-corrected chi connectivity index (χ3v) is 2.80. The molecular formula is C13H18N4O. The van der Waals surface area contributed by atoms with Gasteiger partial charge < -0.3 is 10.5 Å². The van der Waals surface area contributed by atoms with E-state index in [1.807, 2.05) is 31.2 Å². The first-order chi connectivity index (χ1) is 8.70. The van der Waals surface area contributed by atoms with Crippen LogP contribution in [0.15, 0.2) is 24.3 Å². The number of nitrogens with zero attached hydrogens (tertiary/aromatic N) is 3. The molecule has 2 N–H and O–H groups in total. The second kappa shape index (κ2) is 5.53. The van der Waals surface area contributed by atoms with Crippen molar-refractivity contribution < 1.29 is 4.74 Å². The fraction of sp³-hybridized carbons (Fsp3) is 0.385. The lowest BCUT2D eigenvalue weighted by Gasteiger charge is -2.08. The highest BCUT2D eigenvalue weighted by Crippen LogP contribution is 2.12. The maximum atomic E-state index is 5.72. The molecule has 1 heterocycles. The molecule has 0 unspecified atom stereocenters. The number of rotatable bonds is 5. The molecule has 0 amide bonds. The van der Waals surface area contributed by atoms with Crippen molar-refractivity contribution in [1.82, 2.24) is 15.0 Å². The van der Waals surface area contributed by atoms with Gasteiger partial charge in [-0.15, -0.1) is 5.10 Å². The maximum absolute atomic E-state index is 5.72. The standard InChI is InChI=1S/C13H18N4O/c1-3-12-13(14)15-16-17(12)8-9-18-11-6-4-10(2)5-7-11/h4-7H,3,8-9,14H2,1-2H3. The SMILES string of the molecule is CCc1c(N)nnn1CCOc1ccc(C)cc1. The number of aryl methyl sites for hydroxylation is 1. The molecule has 0 saturated heterocycles. The average molecular weight is 246 g/mol. The molecule has 0 aliphatic heterocycles. The van der Waals surface area contributed by atoms with Crippen molar-refractivity contribution in [3.63, 3.8) is 0 Å². The van der Waals surface area contributed by atoms with E-state index in [0.717, 1.165) is 17.9 Å². The lowest BCUT2D eigenvalue weighted by atomic mass is 10.2. The van der Waals surface area contributed by atoms with Gasteiger partial charge in [-0.2, -0.15) is 0 Å². The van der Waals surface area contributed by atoms with E-state index in [9.17, 15) is 0 Å². The van der Waals surface area contributed by atoms with E-state index in [1.54, 1.807) is 4.68 Å². The van der Waals surface area contributed by atoms with Crippen molar-refractivity contribution in [3.8, 4) is 5.75 Å². The van der Waals surface area contributed by atoms with Gasteiger partial charge in [0.05, 0.1) is 12.2 Å². The number of benzene rings is 1. The predicted octanol–water partition coefficient (Wildman–Crippen LogP) is 1.81. The predicted molar refractivity (Wildman–Crippen MR) is 70.5 cm³/mol. The van der Waals surface area contributed by atoms with Crippen LogP contribution >= 0.6 is 0 Å². The smallest absolute Gasteiger partial charge is 0.169 e. The number of nitrogen functional groups attached to an aromatic ring is 1. The van der Waals surface area contributed by atoms with Crippen molar-refractivity contribution in [1.29, 1.82) is 0 Å². The van der Waals surface area contributed by atoms with Gasteiger partial charge in [-0.05, 0) is 25.5 Å². The molecule has 0 saturated carbocycles. The molecule has 0 spiro atoms. The van der Waals surface area contributed by atoms with Crippen LogP contribution in [0.25, 0.3) is 0 Å². The average Bonchev–Trinajstić information content (AvgIpc) is 2.72. The number of hydrogen-bond donors (Lipinski definition) is 1. The lowest BCUT2D eigenvalue weighted by molar-refractivity contribution is 0.287. The van der Waals surface area contributed by atoms with Crippen molar-refractivity contribution in [2.24, 2.45) is 0 Å². The van der Waals surface area contributed by atoms with E-state index in [-0.39, 0.29) is 0 Å². The molecule has 18 heavy (non-hydrogen) atoms. The highest BCUT2D eigenvalue weighted by Gasteiger charge is 2.07. The zero-order chi connectivity index (χ0) is 13.0. The summed E-state index contributed by atoms with van der Waals surface area (Å²) in [5, 5.41) is 7.85. The van der Waals surface area contributed by atoms with Gasteiger partial charge in [0.25, 0.3) is 0 Å². The van der Waals surface area contributed by atoms with Crippen LogP contribution in [0.2, 0.25) is 0 Å². The number of aromatic nitrogens is 3. The van der Waals surface area contributed by atoms with Crippen LogP contribution in [0.1, 0.15) is 18.2 Å². The molecule has 0 bridgehead atoms. The molecule has 0 radical (unpaired) electrons. The summed E-state index contributed by atoms with van der Waals surface area (Å²) in [7, 11) is 0. The molecule has 0 aliphatic rings. The van der Waals surface area contributed by atoms with Gasteiger partial charge in [-0.3, -0.25) is 0 Å². The van der Waals surface area contributed by atoms with Crippen LogP contribution < -0.4 is 10.5 Å². The highest BCUT2D eigenvalue weighted by molar-refractivity contribution is 5.32. The number of anilines is 1. The van der Waals surface area contributed by atoms with Gasteiger partial charge in [-0.25, -0.2) is 4.68 Å². The van der Waals surface area contributed by atoms with Gasteiger partial charge >= 0.3 is 0 Å². The molecule has 0 atom stereocenters. The van der Waals surface area contributed by atoms with E-state index in [4.69, 9.17) is 10.5 Å². The Morgan fingerprint density at radius 1 is 1.28 bits per heavy atom. The molecule has 2 rings (SSSR count). The van der Waals surface area contributed by atoms with Crippen LogP contribution in [-0.4, -0.2) is 21.6 Å². The van der Waals surface area contributed by atoms with E-state index in [0.29, 0.717) is 19.0 Å². The van der Waals surface area contributed by atoms with Crippen molar-refractivity contribution >= 4 is 5.82 Å². The fourth-order valence-corrected chi connectivity index (χ4v) is 1.77. The quantitative estimate of drug-likeness (QED) is 0.873. The van der Waals surface area contributed by atoms with E-state index in [1.165, 1.54) is 5.56 Å². The largest absolute Gasteiger partial charge is 0.492 e. The summed E-state index contributed by atoms with van der Waals surface area (Å²) < 4.78 is 7.44. The third-order valence-electron chi connectivity index (χ3n) is 2.80. The molecule has 5 nitrogen and oxygen atoms in total. The van der Waals surface area contributed by atoms with Crippen molar-refractivity contribution in [2.75, 3.05) is 12.3 Å². The van der Waals surface area contributed by atoms with Gasteiger partial charge in [0.15, 0.2) is 5.82 Å². The Kier molecular flexibility index (Phi) is 3.82. The summed E-state index contributed by atoms with van der Waals surface area (Å²) in [5.41, 5.74) is 7.90. The highest BCUT2D eigenvalue weighted by atomic mass is 16.5.